The summed E-state index contributed by atoms with van der Waals surface area (Å²) in [5.74, 6) is -0.254. The van der Waals surface area contributed by atoms with E-state index in [2.05, 4.69) is 5.32 Å². The lowest BCUT2D eigenvalue weighted by molar-refractivity contribution is -0.131. The lowest BCUT2D eigenvalue weighted by Crippen LogP contribution is -2.41. The Kier molecular flexibility index (Phi) is 4.29. The van der Waals surface area contributed by atoms with Gasteiger partial charge < -0.3 is 20.1 Å². The molecule has 1 aromatic carbocycles. The largest absolute Gasteiger partial charge is 0.508 e. The molecule has 2 heterocycles. The summed E-state index contributed by atoms with van der Waals surface area (Å²) in [5.41, 5.74) is 0.625. The molecule has 6 heteroatoms. The third-order valence-electron chi connectivity index (χ3n) is 4.30. The van der Waals surface area contributed by atoms with Crippen molar-refractivity contribution in [1.82, 2.24) is 4.90 Å². The minimum Gasteiger partial charge on any atom is -0.508 e. The van der Waals surface area contributed by atoms with Crippen molar-refractivity contribution in [2.45, 2.75) is 25.3 Å². The maximum atomic E-state index is 12.3. The van der Waals surface area contributed by atoms with E-state index in [1.165, 1.54) is 12.1 Å². The number of nitrogens with zero attached hydrogens (tertiary/aromatic N) is 1. The lowest BCUT2D eigenvalue weighted by Gasteiger charge is -2.31. The van der Waals surface area contributed by atoms with Crippen LogP contribution in [0.3, 0.4) is 0 Å². The van der Waals surface area contributed by atoms with E-state index in [9.17, 15) is 14.7 Å². The van der Waals surface area contributed by atoms with Gasteiger partial charge in [-0.2, -0.15) is 0 Å². The number of carbonyl (C=O) groups is 2. The molecule has 0 aromatic heterocycles. The number of carbonyl (C=O) groups excluding carboxylic acids is 2. The van der Waals surface area contributed by atoms with Crippen molar-refractivity contribution >= 4 is 17.5 Å². The van der Waals surface area contributed by atoms with Crippen molar-refractivity contribution in [1.29, 1.82) is 0 Å². The molecule has 1 unspecified atom stereocenters. The Labute approximate surface area is 129 Å². The van der Waals surface area contributed by atoms with Gasteiger partial charge in [0.05, 0.1) is 5.92 Å². The summed E-state index contributed by atoms with van der Waals surface area (Å²) in [6, 6.07) is 6.52. The minimum absolute atomic E-state index is 0.0535. The number of rotatable bonds is 3. The van der Waals surface area contributed by atoms with Crippen LogP contribution in [-0.4, -0.2) is 47.6 Å². The number of nitrogens with one attached hydrogen (secondary N) is 1. The number of hydrogen-bond donors (Lipinski definition) is 2. The average Bonchev–Trinajstić information content (AvgIpc) is 2.92. The fraction of sp³-hybridized carbons (Fsp3) is 0.500. The van der Waals surface area contributed by atoms with Crippen LogP contribution in [0.15, 0.2) is 24.3 Å². The Morgan fingerprint density at radius 2 is 1.91 bits per heavy atom. The molecule has 6 nitrogen and oxygen atoms in total. The number of anilines is 1. The molecule has 2 aliphatic rings. The van der Waals surface area contributed by atoms with Crippen molar-refractivity contribution in [3.63, 3.8) is 0 Å². The molecule has 2 N–H and O–H groups in total. The first-order chi connectivity index (χ1) is 10.6. The first-order valence-corrected chi connectivity index (χ1v) is 7.60. The zero-order valence-electron chi connectivity index (χ0n) is 12.3. The molecule has 118 valence electrons. The third kappa shape index (κ3) is 3.22. The van der Waals surface area contributed by atoms with Gasteiger partial charge in [-0.1, -0.05) is 0 Å². The van der Waals surface area contributed by atoms with E-state index < -0.39 is 0 Å². The van der Waals surface area contributed by atoms with E-state index in [1.807, 2.05) is 4.90 Å². The molecule has 3 rings (SSSR count). The standard InChI is InChI=1S/C16H20N2O4/c19-14-3-1-12(2-4-14)17-16(21)11-9-15(20)18(10-11)13-5-7-22-8-6-13/h1-4,11,13,19H,5-10H2,(H,17,21). The zero-order valence-corrected chi connectivity index (χ0v) is 12.3. The van der Waals surface area contributed by atoms with E-state index in [0.29, 0.717) is 25.4 Å². The molecule has 2 amide bonds. The zero-order chi connectivity index (χ0) is 15.5. The van der Waals surface area contributed by atoms with Gasteiger partial charge in [-0.15, -0.1) is 0 Å². The maximum Gasteiger partial charge on any atom is 0.229 e. The van der Waals surface area contributed by atoms with E-state index >= 15 is 0 Å². The highest BCUT2D eigenvalue weighted by molar-refractivity contribution is 5.97. The number of ether oxygens (including phenoxy) is 1. The first-order valence-electron chi connectivity index (χ1n) is 7.60. The van der Waals surface area contributed by atoms with Crippen molar-refractivity contribution in [3.05, 3.63) is 24.3 Å². The highest BCUT2D eigenvalue weighted by Gasteiger charge is 2.38. The Morgan fingerprint density at radius 3 is 2.59 bits per heavy atom. The first kappa shape index (κ1) is 14.8. The van der Waals surface area contributed by atoms with Crippen LogP contribution in [0.2, 0.25) is 0 Å². The van der Waals surface area contributed by atoms with Gasteiger partial charge in [0.15, 0.2) is 0 Å². The Bertz CT molecular complexity index is 552. The topological polar surface area (TPSA) is 78.9 Å². The second-order valence-corrected chi connectivity index (χ2v) is 5.83. The van der Waals surface area contributed by atoms with Crippen LogP contribution in [0.5, 0.6) is 5.75 Å². The Morgan fingerprint density at radius 1 is 1.23 bits per heavy atom. The summed E-state index contributed by atoms with van der Waals surface area (Å²) >= 11 is 0. The molecule has 0 saturated carbocycles. The van der Waals surface area contributed by atoms with Gasteiger partial charge in [0.1, 0.15) is 5.75 Å². The van der Waals surface area contributed by atoms with Gasteiger partial charge >= 0.3 is 0 Å². The van der Waals surface area contributed by atoms with Crippen molar-refractivity contribution < 1.29 is 19.4 Å². The second kappa shape index (κ2) is 6.36. The number of hydrogen-bond acceptors (Lipinski definition) is 4. The number of amides is 2. The summed E-state index contributed by atoms with van der Waals surface area (Å²) in [6.45, 7) is 1.84. The molecule has 2 fully saturated rings. The molecule has 0 radical (unpaired) electrons. The van der Waals surface area contributed by atoms with Gasteiger partial charge in [0.25, 0.3) is 0 Å². The van der Waals surface area contributed by atoms with E-state index in [1.54, 1.807) is 12.1 Å². The van der Waals surface area contributed by atoms with Gasteiger partial charge in [0.2, 0.25) is 11.8 Å². The summed E-state index contributed by atoms with van der Waals surface area (Å²) in [7, 11) is 0. The van der Waals surface area contributed by atoms with Gasteiger partial charge in [0, 0.05) is 37.9 Å². The number of benzene rings is 1. The summed E-state index contributed by atoms with van der Waals surface area (Å²) in [6.07, 6.45) is 1.96. The van der Waals surface area contributed by atoms with Crippen LogP contribution in [0.1, 0.15) is 19.3 Å². The van der Waals surface area contributed by atoms with E-state index in [4.69, 9.17) is 4.74 Å². The molecule has 2 saturated heterocycles. The second-order valence-electron chi connectivity index (χ2n) is 5.83. The molecule has 22 heavy (non-hydrogen) atoms. The predicted molar refractivity (Wildman–Crippen MR) is 80.4 cm³/mol. The molecule has 1 atom stereocenters. The number of phenols is 1. The van der Waals surface area contributed by atoms with Crippen LogP contribution in [0.25, 0.3) is 0 Å². The third-order valence-corrected chi connectivity index (χ3v) is 4.30. The smallest absolute Gasteiger partial charge is 0.229 e. The van der Waals surface area contributed by atoms with Gasteiger partial charge in [-0.3, -0.25) is 9.59 Å². The molecular weight excluding hydrogens is 284 g/mol. The van der Waals surface area contributed by atoms with Crippen molar-refractivity contribution in [2.75, 3.05) is 25.1 Å². The molecule has 0 bridgehead atoms. The van der Waals surface area contributed by atoms with Crippen LogP contribution in [-0.2, 0) is 14.3 Å². The van der Waals surface area contributed by atoms with Crippen LogP contribution >= 0.6 is 0 Å². The van der Waals surface area contributed by atoms with Crippen molar-refractivity contribution in [3.8, 4) is 5.75 Å². The molecule has 1 aromatic rings. The average molecular weight is 304 g/mol. The monoisotopic (exact) mass is 304 g/mol. The van der Waals surface area contributed by atoms with Crippen LogP contribution in [0.4, 0.5) is 5.69 Å². The predicted octanol–water partition coefficient (Wildman–Crippen LogP) is 1.36. The number of likely N-dealkylation sites (tertiary alicyclic amines) is 1. The number of aromatic hydroxyl groups is 1. The molecular formula is C16H20N2O4. The van der Waals surface area contributed by atoms with Crippen LogP contribution in [0, 0.1) is 5.92 Å². The quantitative estimate of drug-likeness (QED) is 0.826. The number of phenolic OH excluding ortho intramolecular Hbond substituents is 1. The van der Waals surface area contributed by atoms with Gasteiger partial charge in [-0.05, 0) is 37.1 Å². The van der Waals surface area contributed by atoms with Crippen molar-refractivity contribution in [2.24, 2.45) is 5.92 Å². The molecule has 0 aliphatic carbocycles. The summed E-state index contributed by atoms with van der Waals surface area (Å²) in [4.78, 5) is 26.3. The van der Waals surface area contributed by atoms with Gasteiger partial charge in [-0.25, -0.2) is 0 Å². The SMILES string of the molecule is O=C(Nc1ccc(O)cc1)C1CC(=O)N(C2CCOCC2)C1. The molecule has 0 spiro atoms. The Hall–Kier alpha value is -2.08. The fourth-order valence-corrected chi connectivity index (χ4v) is 3.05. The highest BCUT2D eigenvalue weighted by atomic mass is 16.5. The maximum absolute atomic E-state index is 12.3. The normalized spacial score (nSPS) is 22.8. The van der Waals surface area contributed by atoms with E-state index in [0.717, 1.165) is 12.8 Å². The highest BCUT2D eigenvalue weighted by Crippen LogP contribution is 2.26. The fourth-order valence-electron chi connectivity index (χ4n) is 3.05. The summed E-state index contributed by atoms with van der Waals surface area (Å²) in [5, 5.41) is 12.0. The lowest BCUT2D eigenvalue weighted by atomic mass is 10.1. The molecule has 2 aliphatic heterocycles. The van der Waals surface area contributed by atoms with Crippen LogP contribution < -0.4 is 5.32 Å². The Balaban J connectivity index is 1.59. The van der Waals surface area contributed by atoms with E-state index in [-0.39, 0.29) is 35.9 Å². The minimum atomic E-state index is -0.316. The summed E-state index contributed by atoms with van der Waals surface area (Å²) < 4.78 is 5.32.